The first-order valence-electron chi connectivity index (χ1n) is 4.29. The van der Waals surface area contributed by atoms with E-state index in [2.05, 4.69) is 0 Å². The molecule has 0 aliphatic heterocycles. The highest BCUT2D eigenvalue weighted by Gasteiger charge is 2.23. The Morgan fingerprint density at radius 1 is 1.46 bits per heavy atom. The molecule has 0 aliphatic rings. The maximum Gasteiger partial charge on any atom is 0.309 e. The summed E-state index contributed by atoms with van der Waals surface area (Å²) in [6, 6.07) is 0. The number of carbonyl (C=O) groups is 2. The van der Waals surface area contributed by atoms with Crippen LogP contribution in [-0.4, -0.2) is 24.6 Å². The molecule has 0 saturated carbocycles. The molecule has 0 heterocycles. The minimum atomic E-state index is -0.771. The molecule has 0 atom stereocenters. The monoisotopic (exact) mass is 188 g/mol. The molecule has 0 rings (SSSR count). The maximum absolute atomic E-state index is 11.1. The molecule has 0 N–H and O–H groups in total. The second kappa shape index (κ2) is 5.56. The summed E-state index contributed by atoms with van der Waals surface area (Å²) in [7, 11) is 0. The van der Waals surface area contributed by atoms with E-state index in [9.17, 15) is 9.59 Å². The van der Waals surface area contributed by atoms with Crippen LogP contribution in [0.15, 0.2) is 0 Å². The van der Waals surface area contributed by atoms with Gasteiger partial charge in [0.05, 0.1) is 13.0 Å². The topological polar surface area (TPSA) is 52.6 Å². The molecule has 0 spiro atoms. The highest BCUT2D eigenvalue weighted by Crippen LogP contribution is 2.13. The lowest BCUT2D eigenvalue weighted by molar-refractivity contribution is -0.154. The molecule has 0 unspecified atom stereocenters. The van der Waals surface area contributed by atoms with Crippen LogP contribution in [0.4, 0.5) is 0 Å². The third-order valence-electron chi connectivity index (χ3n) is 1.40. The Hall–Kier alpha value is -1.06. The fourth-order valence-corrected chi connectivity index (χ4v) is 0.786. The van der Waals surface area contributed by atoms with Crippen molar-refractivity contribution >= 4 is 12.4 Å². The van der Waals surface area contributed by atoms with Gasteiger partial charge in [0.15, 0.2) is 0 Å². The molecule has 0 aliphatic carbocycles. The highest BCUT2D eigenvalue weighted by molar-refractivity contribution is 5.70. The van der Waals surface area contributed by atoms with Gasteiger partial charge >= 0.3 is 5.97 Å². The zero-order chi connectivity index (χ0) is 10.3. The number of ether oxygens (including phenoxy) is 2. The van der Waals surface area contributed by atoms with Crippen molar-refractivity contribution in [3.63, 3.8) is 0 Å². The summed E-state index contributed by atoms with van der Waals surface area (Å²) in [5.74, 6) is -0.339. The lowest BCUT2D eigenvalue weighted by Gasteiger charge is -2.20. The van der Waals surface area contributed by atoms with Crippen molar-refractivity contribution in [3.05, 3.63) is 0 Å². The summed E-state index contributed by atoms with van der Waals surface area (Å²) in [5, 5.41) is 0. The molecule has 0 bridgehead atoms. The van der Waals surface area contributed by atoms with Gasteiger partial charge in [-0.3, -0.25) is 9.59 Å². The van der Waals surface area contributed by atoms with Crippen LogP contribution in [0, 0.1) is 0 Å². The van der Waals surface area contributed by atoms with E-state index in [0.29, 0.717) is 13.1 Å². The summed E-state index contributed by atoms with van der Waals surface area (Å²) in [4.78, 5) is 21.1. The third-order valence-corrected chi connectivity index (χ3v) is 1.40. The van der Waals surface area contributed by atoms with Gasteiger partial charge in [0.1, 0.15) is 5.60 Å². The molecule has 0 aromatic carbocycles. The molecule has 0 amide bonds. The summed E-state index contributed by atoms with van der Waals surface area (Å²) >= 11 is 0. The van der Waals surface area contributed by atoms with E-state index < -0.39 is 5.60 Å². The normalized spacial score (nSPS) is 10.7. The average Bonchev–Trinajstić information content (AvgIpc) is 1.99. The van der Waals surface area contributed by atoms with Gasteiger partial charge in [-0.1, -0.05) is 6.92 Å². The zero-order valence-electron chi connectivity index (χ0n) is 8.33. The Morgan fingerprint density at radius 2 is 2.08 bits per heavy atom. The average molecular weight is 188 g/mol. The predicted molar refractivity (Wildman–Crippen MR) is 47.1 cm³/mol. The lowest BCUT2D eigenvalue weighted by Crippen LogP contribution is -2.28. The van der Waals surface area contributed by atoms with E-state index in [-0.39, 0.29) is 12.4 Å². The van der Waals surface area contributed by atoms with Gasteiger partial charge in [-0.25, -0.2) is 0 Å². The van der Waals surface area contributed by atoms with Gasteiger partial charge in [-0.2, -0.15) is 0 Å². The molecule has 0 radical (unpaired) electrons. The number of hydrogen-bond donors (Lipinski definition) is 0. The van der Waals surface area contributed by atoms with E-state index in [1.807, 2.05) is 6.92 Å². The molecule has 76 valence electrons. The Kier molecular flexibility index (Phi) is 5.11. The van der Waals surface area contributed by atoms with E-state index in [4.69, 9.17) is 9.47 Å². The molecule has 0 aromatic heterocycles. The zero-order valence-corrected chi connectivity index (χ0v) is 8.33. The van der Waals surface area contributed by atoms with Crippen molar-refractivity contribution in [1.29, 1.82) is 0 Å². The molecule has 13 heavy (non-hydrogen) atoms. The standard InChI is InChI=1S/C9H16O4/c1-4-5-12-8(11)6-9(2,3)13-7-10/h7H,4-6H2,1-3H3. The first-order chi connectivity index (χ1) is 6.02. The second-order valence-electron chi connectivity index (χ2n) is 3.37. The second-order valence-corrected chi connectivity index (χ2v) is 3.37. The van der Waals surface area contributed by atoms with Crippen molar-refractivity contribution in [3.8, 4) is 0 Å². The number of hydrogen-bond acceptors (Lipinski definition) is 4. The lowest BCUT2D eigenvalue weighted by atomic mass is 10.1. The van der Waals surface area contributed by atoms with E-state index in [1.165, 1.54) is 0 Å². The van der Waals surface area contributed by atoms with Crippen molar-refractivity contribution in [2.75, 3.05) is 6.61 Å². The molecular formula is C9H16O4. The van der Waals surface area contributed by atoms with Gasteiger partial charge in [-0.05, 0) is 20.3 Å². The van der Waals surface area contributed by atoms with Crippen LogP contribution < -0.4 is 0 Å². The minimum absolute atomic E-state index is 0.0890. The Labute approximate surface area is 78.2 Å². The Balaban J connectivity index is 3.81. The first kappa shape index (κ1) is 11.9. The first-order valence-corrected chi connectivity index (χ1v) is 4.29. The van der Waals surface area contributed by atoms with Crippen LogP contribution in [0.5, 0.6) is 0 Å². The van der Waals surface area contributed by atoms with Gasteiger partial charge in [0.2, 0.25) is 0 Å². The molecule has 4 heteroatoms. The summed E-state index contributed by atoms with van der Waals surface area (Å²) < 4.78 is 9.54. The van der Waals surface area contributed by atoms with E-state index >= 15 is 0 Å². The fraction of sp³-hybridized carbons (Fsp3) is 0.778. The molecule has 0 saturated heterocycles. The SMILES string of the molecule is CCCOC(=O)CC(C)(C)OC=O. The van der Waals surface area contributed by atoms with Gasteiger partial charge in [-0.15, -0.1) is 0 Å². The molecule has 4 nitrogen and oxygen atoms in total. The van der Waals surface area contributed by atoms with Crippen molar-refractivity contribution in [2.24, 2.45) is 0 Å². The van der Waals surface area contributed by atoms with Gasteiger partial charge in [0.25, 0.3) is 6.47 Å². The Bertz CT molecular complexity index is 174. The maximum atomic E-state index is 11.1. The van der Waals surface area contributed by atoms with Crippen LogP contribution in [0.1, 0.15) is 33.6 Å². The summed E-state index contributed by atoms with van der Waals surface area (Å²) in [5.41, 5.74) is -0.771. The van der Waals surface area contributed by atoms with Crippen molar-refractivity contribution in [2.45, 2.75) is 39.2 Å². The Morgan fingerprint density at radius 3 is 2.54 bits per heavy atom. The number of carbonyl (C=O) groups excluding carboxylic acids is 2. The number of esters is 1. The number of rotatable bonds is 6. The van der Waals surface area contributed by atoms with E-state index in [0.717, 1.165) is 6.42 Å². The minimum Gasteiger partial charge on any atom is -0.466 e. The predicted octanol–water partition coefficient (Wildman–Crippen LogP) is 1.28. The van der Waals surface area contributed by atoms with Gasteiger partial charge < -0.3 is 9.47 Å². The third kappa shape index (κ3) is 6.13. The van der Waals surface area contributed by atoms with E-state index in [1.54, 1.807) is 13.8 Å². The van der Waals surface area contributed by atoms with Crippen LogP contribution in [0.2, 0.25) is 0 Å². The molecular weight excluding hydrogens is 172 g/mol. The van der Waals surface area contributed by atoms with Crippen LogP contribution in [-0.2, 0) is 19.1 Å². The summed E-state index contributed by atoms with van der Waals surface area (Å²) in [6.45, 7) is 5.99. The molecule has 0 aromatic rings. The van der Waals surface area contributed by atoms with Gasteiger partial charge in [0, 0.05) is 0 Å². The quantitative estimate of drug-likeness (QED) is 0.465. The highest BCUT2D eigenvalue weighted by atomic mass is 16.6. The van der Waals surface area contributed by atoms with Crippen LogP contribution in [0.3, 0.4) is 0 Å². The van der Waals surface area contributed by atoms with Crippen molar-refractivity contribution < 1.29 is 19.1 Å². The smallest absolute Gasteiger partial charge is 0.309 e. The largest absolute Gasteiger partial charge is 0.466 e. The molecule has 0 fully saturated rings. The van der Waals surface area contributed by atoms with Crippen molar-refractivity contribution in [1.82, 2.24) is 0 Å². The summed E-state index contributed by atoms with van der Waals surface area (Å²) in [6.07, 6.45) is 0.881. The fourth-order valence-electron chi connectivity index (χ4n) is 0.786. The van der Waals surface area contributed by atoms with Crippen LogP contribution in [0.25, 0.3) is 0 Å². The van der Waals surface area contributed by atoms with Crippen LogP contribution >= 0.6 is 0 Å².